The number of benzene rings is 1. The first-order valence-electron chi connectivity index (χ1n) is 4.59. The molecule has 0 fully saturated rings. The normalized spacial score (nSPS) is 11.1. The molecule has 0 atom stereocenters. The van der Waals surface area contributed by atoms with E-state index >= 15 is 0 Å². The molecule has 1 rings (SSSR count). The van der Waals surface area contributed by atoms with Crippen LogP contribution in [-0.4, -0.2) is 5.97 Å². The second-order valence-corrected chi connectivity index (χ2v) is 3.44. The van der Waals surface area contributed by atoms with Crippen molar-refractivity contribution in [2.75, 3.05) is 0 Å². The Morgan fingerprint density at radius 3 is 2.57 bits per heavy atom. The fourth-order valence-electron chi connectivity index (χ4n) is 1.35. The van der Waals surface area contributed by atoms with Gasteiger partial charge in [-0.15, -0.1) is 0 Å². The van der Waals surface area contributed by atoms with Crippen LogP contribution in [0.3, 0.4) is 0 Å². The summed E-state index contributed by atoms with van der Waals surface area (Å²) in [6, 6.07) is 7.74. The molecular weight excluding hydrogens is 176 g/mol. The van der Waals surface area contributed by atoms with Gasteiger partial charge in [0, 0.05) is 0 Å². The Kier molecular flexibility index (Phi) is 3.46. The molecule has 0 spiro atoms. The maximum atomic E-state index is 10.3. The van der Waals surface area contributed by atoms with Crippen molar-refractivity contribution in [3.8, 4) is 0 Å². The number of rotatable bonds is 3. The minimum atomic E-state index is -1.16. The lowest BCUT2D eigenvalue weighted by Crippen LogP contribution is -2.18. The highest BCUT2D eigenvalue weighted by Gasteiger charge is 2.01. The Balaban J connectivity index is 3.01. The molecule has 74 valence electrons. The maximum absolute atomic E-state index is 10.3. The van der Waals surface area contributed by atoms with Crippen molar-refractivity contribution in [1.82, 2.24) is 0 Å². The Hall–Kier alpha value is -1.57. The van der Waals surface area contributed by atoms with E-state index in [1.54, 1.807) is 6.08 Å². The van der Waals surface area contributed by atoms with E-state index in [1.165, 1.54) is 0 Å². The number of carbonyl (C=O) groups excluding carboxylic acids is 1. The number of carboxylic acid groups (broad SMARTS) is 1. The average molecular weight is 189 g/mol. The van der Waals surface area contributed by atoms with Crippen molar-refractivity contribution in [2.45, 2.75) is 19.8 Å². The van der Waals surface area contributed by atoms with E-state index < -0.39 is 5.97 Å². The molecule has 0 saturated heterocycles. The molecule has 1 aromatic carbocycles. The summed E-state index contributed by atoms with van der Waals surface area (Å²) < 4.78 is 0. The fourth-order valence-corrected chi connectivity index (χ4v) is 1.35. The SMILES string of the molecule is CC(C)c1ccccc1/C=C/C(=O)[O-]. The van der Waals surface area contributed by atoms with Gasteiger partial charge in [0.05, 0.1) is 5.97 Å². The predicted molar refractivity (Wildman–Crippen MR) is 54.6 cm³/mol. The molecule has 0 aliphatic carbocycles. The predicted octanol–water partition coefficient (Wildman–Crippen LogP) is 1.57. The highest BCUT2D eigenvalue weighted by atomic mass is 16.4. The lowest BCUT2D eigenvalue weighted by Gasteiger charge is -2.08. The molecule has 0 radical (unpaired) electrons. The van der Waals surface area contributed by atoms with Crippen LogP contribution in [0.2, 0.25) is 0 Å². The monoisotopic (exact) mass is 189 g/mol. The van der Waals surface area contributed by atoms with Gasteiger partial charge in [-0.2, -0.15) is 0 Å². The van der Waals surface area contributed by atoms with Crippen LogP contribution in [0.1, 0.15) is 30.9 Å². The van der Waals surface area contributed by atoms with Crippen LogP contribution < -0.4 is 5.11 Å². The first kappa shape index (κ1) is 10.5. The van der Waals surface area contributed by atoms with Gasteiger partial charge in [-0.1, -0.05) is 44.2 Å². The minimum Gasteiger partial charge on any atom is -0.545 e. The highest BCUT2D eigenvalue weighted by molar-refractivity contribution is 5.83. The first-order chi connectivity index (χ1) is 6.61. The Morgan fingerprint density at radius 2 is 2.00 bits per heavy atom. The number of carbonyl (C=O) groups is 1. The standard InChI is InChI=1S/C12H14O2/c1-9(2)11-6-4-3-5-10(11)7-8-12(13)14/h3-9H,1-2H3,(H,13,14)/p-1/b8-7+. The van der Waals surface area contributed by atoms with Crippen molar-refractivity contribution >= 4 is 12.0 Å². The summed E-state index contributed by atoms with van der Waals surface area (Å²) in [6.45, 7) is 4.15. The van der Waals surface area contributed by atoms with Crippen LogP contribution in [0.15, 0.2) is 30.3 Å². The third-order valence-corrected chi connectivity index (χ3v) is 2.02. The van der Waals surface area contributed by atoms with Crippen molar-refractivity contribution in [3.05, 3.63) is 41.5 Å². The number of aliphatic carboxylic acids is 1. The molecule has 0 N–H and O–H groups in total. The van der Waals surface area contributed by atoms with E-state index in [0.717, 1.165) is 17.2 Å². The number of carboxylic acids is 1. The zero-order valence-corrected chi connectivity index (χ0v) is 8.36. The highest BCUT2D eigenvalue weighted by Crippen LogP contribution is 2.19. The lowest BCUT2D eigenvalue weighted by atomic mass is 9.97. The fraction of sp³-hybridized carbons (Fsp3) is 0.250. The zero-order valence-electron chi connectivity index (χ0n) is 8.36. The van der Waals surface area contributed by atoms with Gasteiger partial charge in [-0.05, 0) is 23.1 Å². The Morgan fingerprint density at radius 1 is 1.36 bits per heavy atom. The van der Waals surface area contributed by atoms with Crippen molar-refractivity contribution in [3.63, 3.8) is 0 Å². The van der Waals surface area contributed by atoms with Gasteiger partial charge >= 0.3 is 0 Å². The van der Waals surface area contributed by atoms with Gasteiger partial charge < -0.3 is 9.90 Å². The molecule has 0 saturated carbocycles. The van der Waals surface area contributed by atoms with E-state index in [9.17, 15) is 9.90 Å². The summed E-state index contributed by atoms with van der Waals surface area (Å²) >= 11 is 0. The molecule has 0 aliphatic heterocycles. The summed E-state index contributed by atoms with van der Waals surface area (Å²) in [5.74, 6) is -0.777. The number of hydrogen-bond acceptors (Lipinski definition) is 2. The summed E-state index contributed by atoms with van der Waals surface area (Å²) in [7, 11) is 0. The van der Waals surface area contributed by atoms with Crippen molar-refractivity contribution < 1.29 is 9.90 Å². The molecule has 0 amide bonds. The molecular formula is C12H13O2-. The van der Waals surface area contributed by atoms with Gasteiger partial charge in [0.1, 0.15) is 0 Å². The largest absolute Gasteiger partial charge is 0.545 e. The van der Waals surface area contributed by atoms with Crippen molar-refractivity contribution in [1.29, 1.82) is 0 Å². The second kappa shape index (κ2) is 4.61. The van der Waals surface area contributed by atoms with Crippen LogP contribution in [0.4, 0.5) is 0 Å². The zero-order chi connectivity index (χ0) is 10.6. The third kappa shape index (κ3) is 2.73. The Bertz CT molecular complexity index is 351. The van der Waals surface area contributed by atoms with E-state index in [-0.39, 0.29) is 0 Å². The first-order valence-corrected chi connectivity index (χ1v) is 4.59. The summed E-state index contributed by atoms with van der Waals surface area (Å²) in [6.07, 6.45) is 2.63. The molecule has 0 aliphatic rings. The molecule has 0 heterocycles. The molecule has 0 bridgehead atoms. The van der Waals surface area contributed by atoms with Gasteiger partial charge in [0.2, 0.25) is 0 Å². The maximum Gasteiger partial charge on any atom is 0.0643 e. The van der Waals surface area contributed by atoms with Crippen LogP contribution >= 0.6 is 0 Å². The third-order valence-electron chi connectivity index (χ3n) is 2.02. The van der Waals surface area contributed by atoms with Crippen LogP contribution in [0.25, 0.3) is 6.08 Å². The molecule has 14 heavy (non-hydrogen) atoms. The van der Waals surface area contributed by atoms with Crippen LogP contribution in [0.5, 0.6) is 0 Å². The average Bonchev–Trinajstić information content (AvgIpc) is 2.15. The smallest absolute Gasteiger partial charge is 0.0643 e. The van der Waals surface area contributed by atoms with E-state index in [2.05, 4.69) is 13.8 Å². The van der Waals surface area contributed by atoms with Gasteiger partial charge in [-0.25, -0.2) is 0 Å². The molecule has 2 nitrogen and oxygen atoms in total. The lowest BCUT2D eigenvalue weighted by molar-refractivity contribution is -0.297. The molecule has 0 aromatic heterocycles. The topological polar surface area (TPSA) is 40.1 Å². The van der Waals surface area contributed by atoms with E-state index in [4.69, 9.17) is 0 Å². The summed E-state index contributed by atoms with van der Waals surface area (Å²) in [4.78, 5) is 10.3. The minimum absolute atomic E-state index is 0.387. The second-order valence-electron chi connectivity index (χ2n) is 3.44. The molecule has 2 heteroatoms. The number of hydrogen-bond donors (Lipinski definition) is 0. The van der Waals surface area contributed by atoms with Crippen LogP contribution in [0, 0.1) is 0 Å². The van der Waals surface area contributed by atoms with Gasteiger partial charge in [-0.3, -0.25) is 0 Å². The van der Waals surface area contributed by atoms with E-state index in [0.29, 0.717) is 5.92 Å². The van der Waals surface area contributed by atoms with Crippen LogP contribution in [-0.2, 0) is 4.79 Å². The quantitative estimate of drug-likeness (QED) is 0.677. The Labute approximate surface area is 83.9 Å². The van der Waals surface area contributed by atoms with E-state index in [1.807, 2.05) is 24.3 Å². The molecule has 1 aromatic rings. The van der Waals surface area contributed by atoms with Crippen molar-refractivity contribution in [2.24, 2.45) is 0 Å². The summed E-state index contributed by atoms with van der Waals surface area (Å²) in [5.41, 5.74) is 2.08. The molecule has 0 unspecified atom stereocenters. The van der Waals surface area contributed by atoms with Gasteiger partial charge in [0.15, 0.2) is 0 Å². The van der Waals surface area contributed by atoms with Gasteiger partial charge in [0.25, 0.3) is 0 Å². The summed E-state index contributed by atoms with van der Waals surface area (Å²) in [5, 5.41) is 10.3.